The quantitative estimate of drug-likeness (QED) is 0.135. The number of rotatable bonds is 9. The zero-order valence-electron chi connectivity index (χ0n) is 40.1. The normalized spacial score (nSPS) is 12.2. The minimum absolute atomic E-state index is 0.405. The van der Waals surface area contributed by atoms with Gasteiger partial charge in [0, 0.05) is 80.6 Å². The molecule has 12 aromatic rings. The molecule has 358 valence electrons. The average molecular weight is 999 g/mol. The molecule has 14 heteroatoms. The number of aromatic nitrogens is 10. The Morgan fingerprint density at radius 3 is 1.20 bits per heavy atom. The van der Waals surface area contributed by atoms with Crippen LogP contribution >= 0.6 is 11.8 Å². The number of pyridine rings is 4. The number of hydrogen-bond donors (Lipinski definition) is 0. The van der Waals surface area contributed by atoms with Gasteiger partial charge in [0.1, 0.15) is 11.4 Å². The van der Waals surface area contributed by atoms with Crippen LogP contribution in [0.25, 0.3) is 79.7 Å². The standard InChI is InChI=1S/C62H38N12OS/c1-5-23-53-49(19-1)73(50-20-2-6-24-54(50)75-53)45-34-42(35-46(36-45)74-51-21-3-7-25-55(51)76-56-26-8-4-22-52(56)74)41-31-43(59-67-57(39-15-13-27-63-37-39)69-61(71-59)47-17-9-11-29-65-47)33-44(32-41)60-68-58(40-16-14-28-64-38-40)70-62(72-60)48-18-10-12-30-66-48/h1-38H. The Morgan fingerprint density at radius 1 is 0.316 bits per heavy atom. The summed E-state index contributed by atoms with van der Waals surface area (Å²) in [6.45, 7) is 0. The van der Waals surface area contributed by atoms with Crippen molar-refractivity contribution in [3.63, 3.8) is 0 Å². The first-order chi connectivity index (χ1) is 37.6. The summed E-state index contributed by atoms with van der Waals surface area (Å²) in [6.07, 6.45) is 10.4. The Morgan fingerprint density at radius 2 is 0.724 bits per heavy atom. The molecule has 13 nitrogen and oxygen atoms in total. The lowest BCUT2D eigenvalue weighted by Gasteiger charge is -2.36. The van der Waals surface area contributed by atoms with E-state index < -0.39 is 0 Å². The molecule has 0 bridgehead atoms. The number of fused-ring (bicyclic) bond motifs is 4. The molecule has 2 aliphatic heterocycles. The van der Waals surface area contributed by atoms with Gasteiger partial charge in [-0.15, -0.1) is 0 Å². The van der Waals surface area contributed by atoms with Crippen LogP contribution in [0.3, 0.4) is 0 Å². The molecule has 76 heavy (non-hydrogen) atoms. The van der Waals surface area contributed by atoms with Crippen LogP contribution in [0.4, 0.5) is 34.1 Å². The maximum Gasteiger partial charge on any atom is 0.182 e. The second-order valence-electron chi connectivity index (χ2n) is 17.8. The highest BCUT2D eigenvalue weighted by atomic mass is 32.2. The van der Waals surface area contributed by atoms with E-state index in [1.165, 1.54) is 0 Å². The highest BCUT2D eigenvalue weighted by Gasteiger charge is 2.30. The van der Waals surface area contributed by atoms with Crippen LogP contribution in [0, 0.1) is 0 Å². The number of para-hydroxylation sites is 6. The number of anilines is 6. The van der Waals surface area contributed by atoms with Gasteiger partial charge in [-0.05, 0) is 145 Å². The maximum absolute atomic E-state index is 6.57. The fraction of sp³-hybridized carbons (Fsp3) is 0. The molecule has 0 N–H and O–H groups in total. The molecule has 0 amide bonds. The van der Waals surface area contributed by atoms with Gasteiger partial charge in [0.05, 0.1) is 22.7 Å². The van der Waals surface area contributed by atoms with E-state index in [0.717, 1.165) is 77.7 Å². The molecular weight excluding hydrogens is 961 g/mol. The molecule has 0 saturated heterocycles. The molecule has 0 fully saturated rings. The molecule has 2 aliphatic rings. The molecule has 8 heterocycles. The van der Waals surface area contributed by atoms with Crippen molar-refractivity contribution < 1.29 is 4.74 Å². The average Bonchev–Trinajstić information content (AvgIpc) is 3.50. The van der Waals surface area contributed by atoms with Gasteiger partial charge in [0.25, 0.3) is 0 Å². The summed E-state index contributed by atoms with van der Waals surface area (Å²) in [6, 6.07) is 65.3. The zero-order valence-corrected chi connectivity index (χ0v) is 40.9. The van der Waals surface area contributed by atoms with E-state index in [2.05, 4.69) is 121 Å². The third-order valence-corrected chi connectivity index (χ3v) is 14.1. The smallest absolute Gasteiger partial charge is 0.182 e. The third kappa shape index (κ3) is 8.30. The predicted molar refractivity (Wildman–Crippen MR) is 296 cm³/mol. The fourth-order valence-electron chi connectivity index (χ4n) is 9.52. The molecule has 0 unspecified atom stereocenters. The Hall–Kier alpha value is -10.3. The van der Waals surface area contributed by atoms with E-state index in [-0.39, 0.29) is 0 Å². The summed E-state index contributed by atoms with van der Waals surface area (Å²) in [5.74, 6) is 4.00. The molecule has 6 aromatic carbocycles. The van der Waals surface area contributed by atoms with E-state index >= 15 is 0 Å². The van der Waals surface area contributed by atoms with Gasteiger partial charge in [-0.3, -0.25) is 19.9 Å². The van der Waals surface area contributed by atoms with Crippen LogP contribution in [-0.2, 0) is 0 Å². The second-order valence-corrected chi connectivity index (χ2v) is 18.9. The van der Waals surface area contributed by atoms with Gasteiger partial charge in [-0.2, -0.15) is 0 Å². The Bertz CT molecular complexity index is 3690. The highest BCUT2D eigenvalue weighted by Crippen LogP contribution is 2.55. The molecule has 0 radical (unpaired) electrons. The van der Waals surface area contributed by atoms with Crippen molar-refractivity contribution in [2.24, 2.45) is 0 Å². The van der Waals surface area contributed by atoms with Gasteiger partial charge in [0.15, 0.2) is 46.4 Å². The largest absolute Gasteiger partial charge is 0.453 e. The number of nitrogens with zero attached hydrogens (tertiary/aromatic N) is 12. The van der Waals surface area contributed by atoms with E-state index in [4.69, 9.17) is 34.6 Å². The van der Waals surface area contributed by atoms with E-state index in [0.29, 0.717) is 57.5 Å². The van der Waals surface area contributed by atoms with Crippen molar-refractivity contribution >= 4 is 45.9 Å². The molecule has 0 atom stereocenters. The maximum atomic E-state index is 6.57. The van der Waals surface area contributed by atoms with Crippen LogP contribution in [0.1, 0.15) is 0 Å². The van der Waals surface area contributed by atoms with E-state index in [1.807, 2.05) is 103 Å². The van der Waals surface area contributed by atoms with Gasteiger partial charge in [-0.1, -0.05) is 72.4 Å². The summed E-state index contributed by atoms with van der Waals surface area (Å²) in [4.78, 5) is 55.7. The Labute approximate surface area is 440 Å². The van der Waals surface area contributed by atoms with Crippen molar-refractivity contribution in [2.45, 2.75) is 9.79 Å². The first-order valence-corrected chi connectivity index (χ1v) is 25.2. The number of benzene rings is 6. The summed E-state index contributed by atoms with van der Waals surface area (Å²) < 4.78 is 6.57. The minimum Gasteiger partial charge on any atom is -0.453 e. The van der Waals surface area contributed by atoms with Crippen LogP contribution in [0.2, 0.25) is 0 Å². The molecule has 0 aliphatic carbocycles. The van der Waals surface area contributed by atoms with Crippen molar-refractivity contribution in [2.75, 3.05) is 9.80 Å². The van der Waals surface area contributed by atoms with Gasteiger partial charge in [0.2, 0.25) is 0 Å². The summed E-state index contributed by atoms with van der Waals surface area (Å²) in [7, 11) is 0. The molecule has 0 saturated carbocycles. The zero-order chi connectivity index (χ0) is 50.4. The molecule has 6 aromatic heterocycles. The van der Waals surface area contributed by atoms with Crippen molar-refractivity contribution in [3.05, 3.63) is 231 Å². The summed E-state index contributed by atoms with van der Waals surface area (Å²) in [5.41, 5.74) is 11.5. The van der Waals surface area contributed by atoms with Crippen molar-refractivity contribution in [1.82, 2.24) is 49.8 Å². The summed E-state index contributed by atoms with van der Waals surface area (Å²) >= 11 is 1.77. The van der Waals surface area contributed by atoms with Crippen molar-refractivity contribution in [3.8, 4) is 91.2 Å². The molecular formula is C62H38N12OS. The Kier molecular flexibility index (Phi) is 11.1. The molecule has 0 spiro atoms. The first-order valence-electron chi connectivity index (χ1n) is 24.4. The van der Waals surface area contributed by atoms with Crippen molar-refractivity contribution in [1.29, 1.82) is 0 Å². The predicted octanol–water partition coefficient (Wildman–Crippen LogP) is 14.8. The molecule has 14 rings (SSSR count). The van der Waals surface area contributed by atoms with Gasteiger partial charge in [-0.25, -0.2) is 29.9 Å². The first kappa shape index (κ1) is 44.4. The number of hydrogen-bond acceptors (Lipinski definition) is 14. The van der Waals surface area contributed by atoms with Crippen LogP contribution in [-0.4, -0.2) is 49.8 Å². The monoisotopic (exact) mass is 998 g/mol. The highest BCUT2D eigenvalue weighted by molar-refractivity contribution is 7.99. The van der Waals surface area contributed by atoms with Crippen LogP contribution in [0.5, 0.6) is 11.5 Å². The number of ether oxygens (including phenoxy) is 1. The minimum atomic E-state index is 0.405. The third-order valence-electron chi connectivity index (χ3n) is 13.0. The van der Waals surface area contributed by atoms with Gasteiger partial charge < -0.3 is 14.5 Å². The lowest BCUT2D eigenvalue weighted by molar-refractivity contribution is 0.477. The fourth-order valence-corrected chi connectivity index (χ4v) is 10.6. The van der Waals surface area contributed by atoms with Crippen LogP contribution in [0.15, 0.2) is 241 Å². The van der Waals surface area contributed by atoms with E-state index in [9.17, 15) is 0 Å². The topological polar surface area (TPSA) is 145 Å². The van der Waals surface area contributed by atoms with Crippen LogP contribution < -0.4 is 14.5 Å². The Balaban J connectivity index is 1.06. The van der Waals surface area contributed by atoms with Gasteiger partial charge >= 0.3 is 0 Å². The SMILES string of the molecule is c1ccc(-c2nc(-c3cccnc3)nc(-c3cc(-c4cc(N5c6ccccc6Oc6ccccc65)cc(N5c6ccccc6Sc6ccccc65)c4)cc(-c4nc(-c5cccnc5)nc(-c5ccccn5)n4)c3)n2)nc1. The lowest BCUT2D eigenvalue weighted by atomic mass is 9.96. The second kappa shape index (κ2) is 18.9. The lowest BCUT2D eigenvalue weighted by Crippen LogP contribution is -2.18. The van der Waals surface area contributed by atoms with E-state index in [1.54, 1.807) is 48.9 Å². The summed E-state index contributed by atoms with van der Waals surface area (Å²) in [5, 5.41) is 0.